The second-order valence-corrected chi connectivity index (χ2v) is 5.53. The predicted molar refractivity (Wildman–Crippen MR) is 83.1 cm³/mol. The first-order valence-electron chi connectivity index (χ1n) is 7.17. The van der Waals surface area contributed by atoms with Crippen molar-refractivity contribution in [3.8, 4) is 5.75 Å². The predicted octanol–water partition coefficient (Wildman–Crippen LogP) is 1.88. The van der Waals surface area contributed by atoms with Gasteiger partial charge < -0.3 is 20.5 Å². The van der Waals surface area contributed by atoms with Crippen molar-refractivity contribution in [1.82, 2.24) is 10.6 Å². The molecule has 1 aliphatic rings. The molecular formula is C15H17N3O6. The first kappa shape index (κ1) is 17.3. The fraction of sp³-hybridized carbons (Fsp3) is 0.333. The molecule has 0 spiro atoms. The third kappa shape index (κ3) is 3.45. The van der Waals surface area contributed by atoms with E-state index in [-0.39, 0.29) is 17.2 Å². The number of hydrogen-bond donors (Lipinski definition) is 3. The number of urea groups is 1. The second-order valence-electron chi connectivity index (χ2n) is 5.53. The van der Waals surface area contributed by atoms with Crippen molar-refractivity contribution in [2.75, 3.05) is 0 Å². The maximum absolute atomic E-state index is 12.3. The number of amides is 2. The number of carbonyl (C=O) groups excluding carboxylic acids is 2. The lowest BCUT2D eigenvalue weighted by molar-refractivity contribution is -0.385. The summed E-state index contributed by atoms with van der Waals surface area (Å²) in [7, 11) is 0. The normalized spacial score (nSPS) is 17.3. The Morgan fingerprint density at radius 3 is 2.67 bits per heavy atom. The number of carbonyl (C=O) groups is 2. The molecule has 9 heteroatoms. The summed E-state index contributed by atoms with van der Waals surface area (Å²) in [6.07, 6.45) is -0.370. The van der Waals surface area contributed by atoms with E-state index in [4.69, 9.17) is 4.74 Å². The van der Waals surface area contributed by atoms with Crippen LogP contribution in [-0.2, 0) is 9.53 Å². The summed E-state index contributed by atoms with van der Waals surface area (Å²) in [5.74, 6) is -1.15. The Morgan fingerprint density at radius 2 is 2.08 bits per heavy atom. The van der Waals surface area contributed by atoms with Gasteiger partial charge in [0, 0.05) is 11.8 Å². The number of hydrogen-bond acceptors (Lipinski definition) is 6. The Kier molecular flexibility index (Phi) is 4.72. The molecule has 1 aromatic rings. The molecule has 0 saturated carbocycles. The Hall–Kier alpha value is -3.10. The number of allylic oxidation sites excluding steroid dienone is 1. The van der Waals surface area contributed by atoms with Crippen LogP contribution in [0.2, 0.25) is 0 Å². The number of aromatic hydroxyl groups is 1. The molecule has 0 bridgehead atoms. The third-order valence-corrected chi connectivity index (χ3v) is 3.36. The molecule has 2 amide bonds. The summed E-state index contributed by atoms with van der Waals surface area (Å²) in [5, 5.41) is 25.6. The van der Waals surface area contributed by atoms with E-state index in [0.29, 0.717) is 5.70 Å². The molecule has 3 N–H and O–H groups in total. The fourth-order valence-corrected chi connectivity index (χ4v) is 2.36. The van der Waals surface area contributed by atoms with Crippen molar-refractivity contribution >= 4 is 17.7 Å². The molecule has 1 heterocycles. The van der Waals surface area contributed by atoms with E-state index in [0.717, 1.165) is 12.1 Å². The lowest BCUT2D eigenvalue weighted by Gasteiger charge is -2.28. The molecule has 0 unspecified atom stereocenters. The average Bonchev–Trinajstić information content (AvgIpc) is 2.45. The van der Waals surface area contributed by atoms with Gasteiger partial charge in [0.2, 0.25) is 0 Å². The molecule has 1 aliphatic heterocycles. The second kappa shape index (κ2) is 6.57. The zero-order valence-electron chi connectivity index (χ0n) is 13.3. The molecule has 0 aromatic heterocycles. The number of nitrogens with one attached hydrogen (secondary N) is 2. The van der Waals surface area contributed by atoms with Gasteiger partial charge in [0.1, 0.15) is 0 Å². The largest absolute Gasteiger partial charge is 0.502 e. The van der Waals surface area contributed by atoms with Crippen LogP contribution in [0.1, 0.15) is 32.4 Å². The van der Waals surface area contributed by atoms with Crippen LogP contribution < -0.4 is 10.6 Å². The van der Waals surface area contributed by atoms with Crippen LogP contribution in [-0.4, -0.2) is 28.1 Å². The van der Waals surface area contributed by atoms with Gasteiger partial charge in [-0.2, -0.15) is 0 Å². The van der Waals surface area contributed by atoms with Crippen molar-refractivity contribution in [3.63, 3.8) is 0 Å². The smallest absolute Gasteiger partial charge is 0.338 e. The zero-order chi connectivity index (χ0) is 18.0. The molecule has 1 atom stereocenters. The molecule has 9 nitrogen and oxygen atoms in total. The Balaban J connectivity index is 2.51. The maximum Gasteiger partial charge on any atom is 0.338 e. The highest BCUT2D eigenvalue weighted by atomic mass is 16.6. The van der Waals surface area contributed by atoms with Gasteiger partial charge >= 0.3 is 17.7 Å². The average molecular weight is 335 g/mol. The van der Waals surface area contributed by atoms with Crippen molar-refractivity contribution in [2.24, 2.45) is 0 Å². The summed E-state index contributed by atoms with van der Waals surface area (Å²) < 4.78 is 5.18. The van der Waals surface area contributed by atoms with Crippen LogP contribution in [0.15, 0.2) is 29.5 Å². The van der Waals surface area contributed by atoms with Crippen LogP contribution in [0.3, 0.4) is 0 Å². The van der Waals surface area contributed by atoms with E-state index in [1.54, 1.807) is 13.8 Å². The Labute approximate surface area is 137 Å². The molecule has 1 aromatic carbocycles. The number of phenols is 1. The lowest BCUT2D eigenvalue weighted by Crippen LogP contribution is -2.45. The quantitative estimate of drug-likeness (QED) is 0.437. The molecular weight excluding hydrogens is 318 g/mol. The van der Waals surface area contributed by atoms with Crippen LogP contribution in [0, 0.1) is 10.1 Å². The van der Waals surface area contributed by atoms with Gasteiger partial charge in [0.05, 0.1) is 22.6 Å². The number of ether oxygens (including phenoxy) is 1. The first-order valence-corrected chi connectivity index (χ1v) is 7.17. The number of nitro benzene ring substituents is 1. The minimum Gasteiger partial charge on any atom is -0.502 e. The number of nitro groups is 1. The van der Waals surface area contributed by atoms with Gasteiger partial charge in [-0.15, -0.1) is 0 Å². The van der Waals surface area contributed by atoms with Crippen molar-refractivity contribution in [1.29, 1.82) is 0 Å². The fourth-order valence-electron chi connectivity index (χ4n) is 2.36. The third-order valence-electron chi connectivity index (χ3n) is 3.36. The SMILES string of the molecule is CC1=C(C(=O)OC(C)C)[C@H](c2ccc(O)c([N+](=O)[O-])c2)NC(=O)N1. The molecule has 128 valence electrons. The summed E-state index contributed by atoms with van der Waals surface area (Å²) >= 11 is 0. The standard InChI is InChI=1S/C15H17N3O6/c1-7(2)24-14(20)12-8(3)16-15(21)17-13(12)9-4-5-11(19)10(6-9)18(22)23/h4-7,13,19H,1-3H3,(H2,16,17,21)/t13-/m0/s1. The van der Waals surface area contributed by atoms with E-state index in [9.17, 15) is 24.8 Å². The number of phenolic OH excluding ortho intramolecular Hbond substituents is 1. The summed E-state index contributed by atoms with van der Waals surface area (Å²) in [6.45, 7) is 4.91. The monoisotopic (exact) mass is 335 g/mol. The minimum absolute atomic E-state index is 0.142. The van der Waals surface area contributed by atoms with Crippen LogP contribution >= 0.6 is 0 Å². The van der Waals surface area contributed by atoms with Crippen LogP contribution in [0.25, 0.3) is 0 Å². The molecule has 24 heavy (non-hydrogen) atoms. The lowest BCUT2D eigenvalue weighted by atomic mass is 9.95. The van der Waals surface area contributed by atoms with E-state index < -0.39 is 34.4 Å². The van der Waals surface area contributed by atoms with Crippen molar-refractivity contribution in [2.45, 2.75) is 32.9 Å². The number of nitrogens with zero attached hydrogens (tertiary/aromatic N) is 1. The summed E-state index contributed by atoms with van der Waals surface area (Å²) in [5.41, 5.74) is 0.201. The van der Waals surface area contributed by atoms with Gasteiger partial charge in [-0.3, -0.25) is 10.1 Å². The van der Waals surface area contributed by atoms with Crippen molar-refractivity contribution in [3.05, 3.63) is 45.1 Å². The van der Waals surface area contributed by atoms with E-state index in [2.05, 4.69) is 10.6 Å². The minimum atomic E-state index is -0.927. The summed E-state index contributed by atoms with van der Waals surface area (Å²) in [4.78, 5) is 34.3. The van der Waals surface area contributed by atoms with Gasteiger partial charge in [-0.1, -0.05) is 6.07 Å². The van der Waals surface area contributed by atoms with Crippen LogP contribution in [0.5, 0.6) is 5.75 Å². The van der Waals surface area contributed by atoms with E-state index in [1.807, 2.05) is 0 Å². The topological polar surface area (TPSA) is 131 Å². The molecule has 0 aliphatic carbocycles. The summed E-state index contributed by atoms with van der Waals surface area (Å²) in [6, 6.07) is 2.18. The number of rotatable bonds is 4. The molecule has 2 rings (SSSR count). The van der Waals surface area contributed by atoms with Gasteiger partial charge in [-0.25, -0.2) is 9.59 Å². The molecule has 0 radical (unpaired) electrons. The molecule has 0 saturated heterocycles. The van der Waals surface area contributed by atoms with Gasteiger partial charge in [-0.05, 0) is 32.4 Å². The molecule has 0 fully saturated rings. The Morgan fingerprint density at radius 1 is 1.42 bits per heavy atom. The van der Waals surface area contributed by atoms with E-state index >= 15 is 0 Å². The number of benzene rings is 1. The Bertz CT molecular complexity index is 741. The highest BCUT2D eigenvalue weighted by molar-refractivity contribution is 5.95. The van der Waals surface area contributed by atoms with Crippen molar-refractivity contribution < 1.29 is 24.4 Å². The van der Waals surface area contributed by atoms with Crippen LogP contribution in [0.4, 0.5) is 10.5 Å². The van der Waals surface area contributed by atoms with Gasteiger partial charge in [0.25, 0.3) is 0 Å². The maximum atomic E-state index is 12.3. The highest BCUT2D eigenvalue weighted by Crippen LogP contribution is 2.33. The van der Waals surface area contributed by atoms with Gasteiger partial charge in [0.15, 0.2) is 5.75 Å². The first-order chi connectivity index (χ1) is 11.2. The zero-order valence-corrected chi connectivity index (χ0v) is 13.3. The van der Waals surface area contributed by atoms with E-state index in [1.165, 1.54) is 13.0 Å². The number of esters is 1. The highest BCUT2D eigenvalue weighted by Gasteiger charge is 2.33.